The number of likely N-dealkylation sites (tertiary alicyclic amines) is 1. The molecule has 2 aliphatic rings. The Morgan fingerprint density at radius 1 is 1.43 bits per heavy atom. The van der Waals surface area contributed by atoms with Crippen LogP contribution in [0, 0.1) is 5.92 Å². The fourth-order valence-electron chi connectivity index (χ4n) is 2.04. The lowest BCUT2D eigenvalue weighted by Gasteiger charge is -2.28. The molecule has 0 radical (unpaired) electrons. The summed E-state index contributed by atoms with van der Waals surface area (Å²) in [6.07, 6.45) is 5.22. The van der Waals surface area contributed by atoms with Crippen LogP contribution >= 0.6 is 0 Å². The third kappa shape index (κ3) is 1.76. The van der Waals surface area contributed by atoms with Gasteiger partial charge in [0, 0.05) is 6.54 Å². The van der Waals surface area contributed by atoms with Crippen LogP contribution in [0.2, 0.25) is 0 Å². The molecule has 0 aromatic heterocycles. The van der Waals surface area contributed by atoms with Crippen molar-refractivity contribution < 1.29 is 9.53 Å². The van der Waals surface area contributed by atoms with Crippen LogP contribution in [-0.2, 0) is 4.74 Å². The van der Waals surface area contributed by atoms with Crippen LogP contribution < -0.4 is 0 Å². The number of ether oxygens (including phenoxy) is 1. The number of hydrogen-bond donors (Lipinski definition) is 0. The fraction of sp³-hybridized carbons (Fsp3) is 0.727. The number of carbonyl (C=O) groups is 1. The molecule has 1 amide bonds. The van der Waals surface area contributed by atoms with Gasteiger partial charge in [0.05, 0.1) is 6.04 Å². The molecule has 0 aromatic rings. The number of carbonyl (C=O) groups excluding carboxylic acids is 1. The largest absolute Gasteiger partial charge is 0.444 e. The van der Waals surface area contributed by atoms with E-state index in [0.29, 0.717) is 5.92 Å². The maximum absolute atomic E-state index is 11.7. The first-order chi connectivity index (χ1) is 6.46. The van der Waals surface area contributed by atoms with E-state index in [-0.39, 0.29) is 17.7 Å². The smallest absolute Gasteiger partial charge is 0.410 e. The molecule has 1 aliphatic heterocycles. The Balaban J connectivity index is 1.97. The molecule has 2 rings (SSSR count). The van der Waals surface area contributed by atoms with E-state index in [1.807, 2.05) is 25.7 Å². The molecule has 0 spiro atoms. The highest BCUT2D eigenvalue weighted by Gasteiger charge is 2.38. The van der Waals surface area contributed by atoms with Gasteiger partial charge in [-0.05, 0) is 33.1 Å². The van der Waals surface area contributed by atoms with Crippen LogP contribution in [0.4, 0.5) is 4.79 Å². The summed E-state index contributed by atoms with van der Waals surface area (Å²) in [6, 6.07) is 0.287. The first-order valence-electron chi connectivity index (χ1n) is 5.14. The summed E-state index contributed by atoms with van der Waals surface area (Å²) < 4.78 is 5.33. The lowest BCUT2D eigenvalue weighted by molar-refractivity contribution is 0.0247. The van der Waals surface area contributed by atoms with Crippen molar-refractivity contribution in [3.05, 3.63) is 12.2 Å². The van der Waals surface area contributed by atoms with Crippen molar-refractivity contribution in [1.82, 2.24) is 4.90 Å². The maximum Gasteiger partial charge on any atom is 0.410 e. The monoisotopic (exact) mass is 195 g/mol. The van der Waals surface area contributed by atoms with Crippen LogP contribution in [-0.4, -0.2) is 29.2 Å². The van der Waals surface area contributed by atoms with Crippen molar-refractivity contribution in [3.8, 4) is 0 Å². The Bertz CT molecular complexity index is 278. The van der Waals surface area contributed by atoms with Gasteiger partial charge in [0.1, 0.15) is 5.60 Å². The van der Waals surface area contributed by atoms with Gasteiger partial charge in [-0.2, -0.15) is 0 Å². The van der Waals surface area contributed by atoms with Gasteiger partial charge in [-0.15, -0.1) is 0 Å². The molecule has 3 heteroatoms. The maximum atomic E-state index is 11.7. The summed E-state index contributed by atoms with van der Waals surface area (Å²) >= 11 is 0. The first kappa shape index (κ1) is 9.56. The van der Waals surface area contributed by atoms with Crippen molar-refractivity contribution in [3.63, 3.8) is 0 Å². The van der Waals surface area contributed by atoms with Gasteiger partial charge in [0.2, 0.25) is 0 Å². The van der Waals surface area contributed by atoms with E-state index in [9.17, 15) is 4.79 Å². The van der Waals surface area contributed by atoms with Gasteiger partial charge in [-0.25, -0.2) is 4.79 Å². The van der Waals surface area contributed by atoms with Crippen LogP contribution in [0.1, 0.15) is 27.2 Å². The SMILES string of the molecule is CC(C)(C)OC(=O)N1CC2C=C[C@@H]1C2. The zero-order valence-corrected chi connectivity index (χ0v) is 8.99. The van der Waals surface area contributed by atoms with E-state index in [4.69, 9.17) is 4.74 Å². The Labute approximate surface area is 84.7 Å². The second-order valence-electron chi connectivity index (χ2n) is 5.08. The molecule has 3 nitrogen and oxygen atoms in total. The van der Waals surface area contributed by atoms with E-state index in [1.54, 1.807) is 0 Å². The number of rotatable bonds is 0. The highest BCUT2D eigenvalue weighted by molar-refractivity contribution is 5.69. The summed E-state index contributed by atoms with van der Waals surface area (Å²) in [4.78, 5) is 13.5. The van der Waals surface area contributed by atoms with E-state index >= 15 is 0 Å². The van der Waals surface area contributed by atoms with Gasteiger partial charge in [-0.3, -0.25) is 0 Å². The van der Waals surface area contributed by atoms with Crippen LogP contribution in [0.3, 0.4) is 0 Å². The molecule has 0 aromatic carbocycles. The molecule has 14 heavy (non-hydrogen) atoms. The quantitative estimate of drug-likeness (QED) is 0.554. The third-order valence-electron chi connectivity index (χ3n) is 2.61. The van der Waals surface area contributed by atoms with Crippen LogP contribution in [0.15, 0.2) is 12.2 Å². The fourth-order valence-corrected chi connectivity index (χ4v) is 2.04. The average molecular weight is 195 g/mol. The predicted molar refractivity (Wildman–Crippen MR) is 54.0 cm³/mol. The molecule has 78 valence electrons. The molecule has 2 atom stereocenters. The normalized spacial score (nSPS) is 29.8. The Kier molecular flexibility index (Phi) is 2.05. The molecule has 1 aliphatic carbocycles. The van der Waals surface area contributed by atoms with E-state index in [0.717, 1.165) is 13.0 Å². The van der Waals surface area contributed by atoms with Gasteiger partial charge >= 0.3 is 6.09 Å². The highest BCUT2D eigenvalue weighted by atomic mass is 16.6. The number of hydrogen-bond acceptors (Lipinski definition) is 2. The van der Waals surface area contributed by atoms with Crippen LogP contribution in [0.5, 0.6) is 0 Å². The Morgan fingerprint density at radius 2 is 2.14 bits per heavy atom. The second kappa shape index (κ2) is 3.01. The lowest BCUT2D eigenvalue weighted by atomic mass is 10.2. The standard InChI is InChI=1S/C11H17NO2/c1-11(2,3)14-10(13)12-7-8-4-5-9(12)6-8/h4-5,8-9H,6-7H2,1-3H3/t8?,9-/m1/s1. The molecule has 2 bridgehead atoms. The number of amides is 1. The summed E-state index contributed by atoms with van der Waals surface area (Å²) in [7, 11) is 0. The molecular formula is C11H17NO2. The zero-order valence-electron chi connectivity index (χ0n) is 8.99. The first-order valence-corrected chi connectivity index (χ1v) is 5.14. The van der Waals surface area contributed by atoms with Gasteiger partial charge in [0.15, 0.2) is 0 Å². The van der Waals surface area contributed by atoms with Crippen molar-refractivity contribution >= 4 is 6.09 Å². The Hall–Kier alpha value is -0.990. The van der Waals surface area contributed by atoms with Crippen molar-refractivity contribution in [2.45, 2.75) is 38.8 Å². The van der Waals surface area contributed by atoms with Crippen LogP contribution in [0.25, 0.3) is 0 Å². The molecule has 1 unspecified atom stereocenters. The zero-order chi connectivity index (χ0) is 10.3. The summed E-state index contributed by atoms with van der Waals surface area (Å²) in [5, 5.41) is 0. The highest BCUT2D eigenvalue weighted by Crippen LogP contribution is 2.32. The average Bonchev–Trinajstić information content (AvgIpc) is 2.59. The summed E-state index contributed by atoms with van der Waals surface area (Å²) in [6.45, 7) is 6.52. The molecule has 0 saturated carbocycles. The van der Waals surface area contributed by atoms with Gasteiger partial charge in [-0.1, -0.05) is 12.2 Å². The minimum absolute atomic E-state index is 0.172. The van der Waals surface area contributed by atoms with E-state index < -0.39 is 0 Å². The molecule has 0 N–H and O–H groups in total. The van der Waals surface area contributed by atoms with E-state index in [1.165, 1.54) is 0 Å². The van der Waals surface area contributed by atoms with Crippen molar-refractivity contribution in [2.75, 3.05) is 6.54 Å². The summed E-state index contributed by atoms with van der Waals surface area (Å²) in [5.41, 5.74) is -0.386. The molecule has 1 fully saturated rings. The van der Waals surface area contributed by atoms with Crippen molar-refractivity contribution in [1.29, 1.82) is 0 Å². The number of nitrogens with zero attached hydrogens (tertiary/aromatic N) is 1. The molecule has 1 saturated heterocycles. The third-order valence-corrected chi connectivity index (χ3v) is 2.61. The molecular weight excluding hydrogens is 178 g/mol. The predicted octanol–water partition coefficient (Wildman–Crippen LogP) is 2.18. The van der Waals surface area contributed by atoms with Gasteiger partial charge in [0.25, 0.3) is 0 Å². The lowest BCUT2D eigenvalue weighted by Crippen LogP contribution is -2.40. The second-order valence-corrected chi connectivity index (χ2v) is 5.08. The van der Waals surface area contributed by atoms with E-state index in [2.05, 4.69) is 12.2 Å². The molecule has 1 heterocycles. The minimum Gasteiger partial charge on any atom is -0.444 e. The Morgan fingerprint density at radius 3 is 2.57 bits per heavy atom. The number of fused-ring (bicyclic) bond motifs is 2. The van der Waals surface area contributed by atoms with Crippen molar-refractivity contribution in [2.24, 2.45) is 5.92 Å². The minimum atomic E-state index is -0.386. The summed E-state index contributed by atoms with van der Waals surface area (Å²) in [5.74, 6) is 0.563. The topological polar surface area (TPSA) is 29.5 Å². The van der Waals surface area contributed by atoms with Gasteiger partial charge < -0.3 is 9.64 Å².